The minimum atomic E-state index is 1.25. The molecule has 0 amide bonds. The van der Waals surface area contributed by atoms with Crippen LogP contribution >= 0.6 is 0 Å². The van der Waals surface area contributed by atoms with Crippen LogP contribution in [0.4, 0.5) is 0 Å². The highest BCUT2D eigenvalue weighted by Crippen LogP contribution is 2.16. The summed E-state index contributed by atoms with van der Waals surface area (Å²) >= 11 is 0. The maximum Gasteiger partial charge on any atom is -0.00489 e. The first kappa shape index (κ1) is 48.8. The number of nitrogens with one attached hydrogen (secondary N) is 1. The molecule has 0 rings (SSSR count). The van der Waals surface area contributed by atoms with Crippen LogP contribution in [0.5, 0.6) is 0 Å². The minimum Gasteiger partial charge on any atom is -0.317 e. The molecule has 0 heterocycles. The van der Waals surface area contributed by atoms with Gasteiger partial charge in [0.05, 0.1) is 0 Å². The van der Waals surface area contributed by atoms with Crippen molar-refractivity contribution in [2.75, 3.05) is 13.1 Å². The molecule has 0 fully saturated rings. The zero-order valence-electron chi connectivity index (χ0n) is 33.6. The fourth-order valence-corrected chi connectivity index (χ4v) is 7.14. The molecule has 1 N–H and O–H groups in total. The van der Waals surface area contributed by atoms with Crippen LogP contribution in [0.15, 0.2) is 13.2 Å². The van der Waals surface area contributed by atoms with E-state index < -0.39 is 0 Å². The van der Waals surface area contributed by atoms with Crippen molar-refractivity contribution in [2.45, 2.75) is 271 Å². The Kier molecular flexibility index (Phi) is 52.0. The quantitative estimate of drug-likeness (QED) is 0.0507. The third kappa shape index (κ3) is 50.2. The van der Waals surface area contributed by atoms with Crippen LogP contribution in [0.2, 0.25) is 0 Å². The Hall–Kier alpha value is -0.300. The van der Waals surface area contributed by atoms with Crippen LogP contribution in [0.3, 0.4) is 0 Å². The van der Waals surface area contributed by atoms with Crippen LogP contribution in [-0.4, -0.2) is 13.1 Å². The van der Waals surface area contributed by atoms with E-state index in [-0.39, 0.29) is 0 Å². The Bertz CT molecular complexity index is 445. The summed E-state index contributed by atoms with van der Waals surface area (Å²) in [6.45, 7) is 13.1. The van der Waals surface area contributed by atoms with E-state index in [0.29, 0.717) is 0 Å². The summed E-state index contributed by atoms with van der Waals surface area (Å²) in [5, 5.41) is 3.70. The van der Waals surface area contributed by atoms with Gasteiger partial charge in [-0.15, -0.1) is 13.2 Å². The van der Waals surface area contributed by atoms with Crippen molar-refractivity contribution in [3.05, 3.63) is 13.2 Å². The van der Waals surface area contributed by atoms with Crippen LogP contribution in [-0.2, 0) is 0 Å². The largest absolute Gasteiger partial charge is 0.317 e. The summed E-state index contributed by atoms with van der Waals surface area (Å²) in [5.74, 6) is 0. The highest BCUT2D eigenvalue weighted by atomic mass is 14.8. The first-order valence-electron chi connectivity index (χ1n) is 22.6. The van der Waals surface area contributed by atoms with Gasteiger partial charge < -0.3 is 5.32 Å². The summed E-state index contributed by atoms with van der Waals surface area (Å²) in [6.07, 6.45) is 58.7. The molecular weight excluding hydrogens is 567 g/mol. The lowest BCUT2D eigenvalue weighted by Crippen LogP contribution is -2.16. The van der Waals surface area contributed by atoms with E-state index in [1.54, 1.807) is 0 Å². The van der Waals surface area contributed by atoms with Gasteiger partial charge in [-0.25, -0.2) is 0 Å². The fraction of sp³-hybridized carbons (Fsp3) is 0.957. The van der Waals surface area contributed by atoms with Gasteiger partial charge in [-0.1, -0.05) is 258 Å². The van der Waals surface area contributed by atoms with Crippen LogP contribution < -0.4 is 5.32 Å². The smallest absolute Gasteiger partial charge is 0.00489 e. The SMILES string of the molecule is C=C.CCCCCCCCCCCCCCCCCCCCCCNCCCCCCCCCCCCCCCCCCCCCC. The summed E-state index contributed by atoms with van der Waals surface area (Å²) in [6, 6.07) is 0. The minimum absolute atomic E-state index is 1.25. The molecule has 1 nitrogen and oxygen atoms in total. The lowest BCUT2D eigenvalue weighted by Gasteiger charge is -2.06. The average Bonchev–Trinajstić information content (AvgIpc) is 3.10. The van der Waals surface area contributed by atoms with E-state index in [1.807, 2.05) is 0 Å². The first-order valence-corrected chi connectivity index (χ1v) is 22.6. The second-order valence-electron chi connectivity index (χ2n) is 15.2. The normalized spacial score (nSPS) is 11.2. The van der Waals surface area contributed by atoms with Crippen molar-refractivity contribution in [2.24, 2.45) is 0 Å². The lowest BCUT2D eigenvalue weighted by molar-refractivity contribution is 0.512. The van der Waals surface area contributed by atoms with Crippen molar-refractivity contribution in [3.8, 4) is 0 Å². The van der Waals surface area contributed by atoms with Crippen molar-refractivity contribution in [3.63, 3.8) is 0 Å². The fourth-order valence-electron chi connectivity index (χ4n) is 7.14. The molecule has 1 heteroatoms. The summed E-state index contributed by atoms with van der Waals surface area (Å²) in [4.78, 5) is 0. The van der Waals surface area contributed by atoms with Crippen molar-refractivity contribution in [1.29, 1.82) is 0 Å². The molecule has 0 atom stereocenters. The molecule has 0 aliphatic rings. The second kappa shape index (κ2) is 50.1. The first-order chi connectivity index (χ1) is 23.4. The van der Waals surface area contributed by atoms with Crippen molar-refractivity contribution in [1.82, 2.24) is 5.32 Å². The van der Waals surface area contributed by atoms with Crippen LogP contribution in [0.25, 0.3) is 0 Å². The molecule has 0 saturated heterocycles. The van der Waals surface area contributed by atoms with Gasteiger partial charge in [0.1, 0.15) is 0 Å². The molecule has 0 unspecified atom stereocenters. The van der Waals surface area contributed by atoms with Gasteiger partial charge in [0.25, 0.3) is 0 Å². The van der Waals surface area contributed by atoms with E-state index in [9.17, 15) is 0 Å². The summed E-state index contributed by atoms with van der Waals surface area (Å²) in [7, 11) is 0. The maximum absolute atomic E-state index is 3.70. The molecule has 284 valence electrons. The molecule has 0 aromatic rings. The Balaban J connectivity index is 0. The Morgan fingerprint density at radius 1 is 0.213 bits per heavy atom. The number of unbranched alkanes of at least 4 members (excludes halogenated alkanes) is 38. The van der Waals surface area contributed by atoms with Crippen molar-refractivity contribution >= 4 is 0 Å². The lowest BCUT2D eigenvalue weighted by atomic mass is 10.0. The van der Waals surface area contributed by atoms with Gasteiger partial charge >= 0.3 is 0 Å². The molecular formula is C46H95N. The highest BCUT2D eigenvalue weighted by molar-refractivity contribution is 4.55. The van der Waals surface area contributed by atoms with Gasteiger partial charge in [0.15, 0.2) is 0 Å². The Labute approximate surface area is 301 Å². The zero-order valence-corrected chi connectivity index (χ0v) is 33.6. The van der Waals surface area contributed by atoms with E-state index in [1.165, 1.54) is 270 Å². The molecule has 47 heavy (non-hydrogen) atoms. The van der Waals surface area contributed by atoms with Gasteiger partial charge in [-0.2, -0.15) is 0 Å². The number of rotatable bonds is 42. The summed E-state index contributed by atoms with van der Waals surface area (Å²) < 4.78 is 0. The number of hydrogen-bond acceptors (Lipinski definition) is 1. The predicted octanol–water partition coefficient (Wildman–Crippen LogP) is 17.0. The van der Waals surface area contributed by atoms with Gasteiger partial charge in [0.2, 0.25) is 0 Å². The predicted molar refractivity (Wildman–Crippen MR) is 220 cm³/mol. The molecule has 0 aromatic carbocycles. The Morgan fingerprint density at radius 2 is 0.340 bits per heavy atom. The molecule has 0 aliphatic heterocycles. The topological polar surface area (TPSA) is 12.0 Å². The second-order valence-corrected chi connectivity index (χ2v) is 15.2. The van der Waals surface area contributed by atoms with Gasteiger partial charge in [-0.05, 0) is 25.9 Å². The van der Waals surface area contributed by atoms with Gasteiger partial charge in [0, 0.05) is 0 Å². The molecule has 0 aromatic heterocycles. The highest BCUT2D eigenvalue weighted by Gasteiger charge is 1.98. The monoisotopic (exact) mass is 662 g/mol. The average molecular weight is 662 g/mol. The molecule has 0 spiro atoms. The maximum atomic E-state index is 3.70. The van der Waals surface area contributed by atoms with E-state index in [4.69, 9.17) is 0 Å². The zero-order chi connectivity index (χ0) is 34.4. The molecule has 0 saturated carbocycles. The van der Waals surface area contributed by atoms with E-state index in [0.717, 1.165) is 0 Å². The van der Waals surface area contributed by atoms with Crippen LogP contribution in [0.1, 0.15) is 271 Å². The number of hydrogen-bond donors (Lipinski definition) is 1. The van der Waals surface area contributed by atoms with Crippen molar-refractivity contribution < 1.29 is 0 Å². The standard InChI is InChI=1S/C44H91N.C2H4/c1-3-5-7-9-11-13-15-17-19-21-23-25-27-29-31-33-35-37-39-41-43-45-44-42-40-38-36-34-32-30-28-26-24-22-20-18-16-14-12-10-8-6-4-2;1-2/h45H,3-44H2,1-2H3;1-2H2. The van der Waals surface area contributed by atoms with Crippen LogP contribution in [0, 0.1) is 0 Å². The summed E-state index contributed by atoms with van der Waals surface area (Å²) in [5.41, 5.74) is 0. The molecule has 0 radical (unpaired) electrons. The third-order valence-corrected chi connectivity index (χ3v) is 10.4. The van der Waals surface area contributed by atoms with E-state index >= 15 is 0 Å². The Morgan fingerprint density at radius 3 is 0.489 bits per heavy atom. The molecule has 0 bridgehead atoms. The third-order valence-electron chi connectivity index (χ3n) is 10.4. The van der Waals surface area contributed by atoms with Gasteiger partial charge in [-0.3, -0.25) is 0 Å². The van der Waals surface area contributed by atoms with E-state index in [2.05, 4.69) is 32.3 Å². The molecule has 0 aliphatic carbocycles.